The fraction of sp³-hybridized carbons (Fsp3) is 0.500. The van der Waals surface area contributed by atoms with E-state index in [1.165, 1.54) is 0 Å². The highest BCUT2D eigenvalue weighted by atomic mass is 79.9. The van der Waals surface area contributed by atoms with Crippen LogP contribution in [-0.2, 0) is 4.79 Å². The zero-order valence-electron chi connectivity index (χ0n) is 11.7. The molecule has 20 heavy (non-hydrogen) atoms. The van der Waals surface area contributed by atoms with Gasteiger partial charge in [-0.2, -0.15) is 0 Å². The maximum atomic E-state index is 12.2. The van der Waals surface area contributed by atoms with Gasteiger partial charge in [-0.3, -0.25) is 4.79 Å². The normalized spacial score (nSPS) is 15.8. The fourth-order valence-electron chi connectivity index (χ4n) is 2.27. The van der Waals surface area contributed by atoms with E-state index in [4.69, 9.17) is 9.47 Å². The number of benzene rings is 1. The molecule has 0 atom stereocenters. The monoisotopic (exact) mass is 342 g/mol. The summed E-state index contributed by atoms with van der Waals surface area (Å²) in [4.78, 5) is 12.2. The summed E-state index contributed by atoms with van der Waals surface area (Å²) in [6.07, 6.45) is 1.74. The summed E-state index contributed by atoms with van der Waals surface area (Å²) in [7, 11) is 3.15. The molecule has 1 aliphatic heterocycles. The number of carbonyl (C=O) groups is 1. The molecule has 1 heterocycles. The molecular weight excluding hydrogens is 324 g/mol. The Hall–Kier alpha value is -1.27. The first kappa shape index (κ1) is 15.1. The third kappa shape index (κ3) is 3.43. The number of ether oxygens (including phenoxy) is 2. The number of methoxy groups -OCH3 is 2. The Labute approximate surface area is 127 Å². The van der Waals surface area contributed by atoms with Gasteiger partial charge < -0.3 is 20.1 Å². The first-order valence-electron chi connectivity index (χ1n) is 6.58. The maximum Gasteiger partial charge on any atom is 0.227 e. The molecule has 6 heteroatoms. The molecule has 1 aromatic rings. The lowest BCUT2D eigenvalue weighted by atomic mass is 9.97. The number of nitrogens with one attached hydrogen (secondary N) is 2. The van der Waals surface area contributed by atoms with Crippen LogP contribution in [0.2, 0.25) is 0 Å². The van der Waals surface area contributed by atoms with Crippen LogP contribution in [0.25, 0.3) is 0 Å². The van der Waals surface area contributed by atoms with Crippen LogP contribution >= 0.6 is 15.9 Å². The second kappa shape index (κ2) is 6.95. The molecule has 5 nitrogen and oxygen atoms in total. The standard InChI is InChI=1S/C14H19BrN2O3/c1-19-12-7-10(15)11(8-13(12)20-2)17-14(18)9-3-5-16-6-4-9/h7-9,16H,3-6H2,1-2H3,(H,17,18). The number of hydrogen-bond donors (Lipinski definition) is 2. The Bertz CT molecular complexity index is 488. The number of amides is 1. The highest BCUT2D eigenvalue weighted by Crippen LogP contribution is 2.36. The van der Waals surface area contributed by atoms with Gasteiger partial charge in [-0.05, 0) is 41.9 Å². The van der Waals surface area contributed by atoms with Crippen LogP contribution in [0.4, 0.5) is 5.69 Å². The molecule has 0 aliphatic carbocycles. The first-order chi connectivity index (χ1) is 9.65. The summed E-state index contributed by atoms with van der Waals surface area (Å²) in [5.41, 5.74) is 0.700. The number of rotatable bonds is 4. The molecule has 0 radical (unpaired) electrons. The van der Waals surface area contributed by atoms with Crippen LogP contribution < -0.4 is 20.1 Å². The number of anilines is 1. The topological polar surface area (TPSA) is 59.6 Å². The molecule has 1 amide bonds. The minimum atomic E-state index is 0.0550. The van der Waals surface area contributed by atoms with Gasteiger partial charge in [0.05, 0.1) is 19.9 Å². The molecule has 0 aromatic heterocycles. The van der Waals surface area contributed by atoms with E-state index in [2.05, 4.69) is 26.6 Å². The molecule has 1 aliphatic rings. The summed E-state index contributed by atoms with van der Waals surface area (Å²) >= 11 is 3.44. The van der Waals surface area contributed by atoms with E-state index in [1.54, 1.807) is 26.4 Å². The average Bonchev–Trinajstić information content (AvgIpc) is 2.49. The predicted octanol–water partition coefficient (Wildman–Crippen LogP) is 2.40. The second-order valence-electron chi connectivity index (χ2n) is 4.70. The van der Waals surface area contributed by atoms with Crippen molar-refractivity contribution < 1.29 is 14.3 Å². The van der Waals surface area contributed by atoms with Crippen LogP contribution in [0, 0.1) is 5.92 Å². The fourth-order valence-corrected chi connectivity index (χ4v) is 2.69. The van der Waals surface area contributed by atoms with Crippen molar-refractivity contribution in [1.29, 1.82) is 0 Å². The third-order valence-corrected chi connectivity index (χ3v) is 4.10. The lowest BCUT2D eigenvalue weighted by Gasteiger charge is -2.22. The van der Waals surface area contributed by atoms with Crippen LogP contribution in [0.1, 0.15) is 12.8 Å². The Morgan fingerprint density at radius 3 is 2.45 bits per heavy atom. The second-order valence-corrected chi connectivity index (χ2v) is 5.55. The minimum absolute atomic E-state index is 0.0550. The molecular formula is C14H19BrN2O3. The van der Waals surface area contributed by atoms with Crippen molar-refractivity contribution >= 4 is 27.5 Å². The number of hydrogen-bond acceptors (Lipinski definition) is 4. The SMILES string of the molecule is COc1cc(Br)c(NC(=O)C2CCNCC2)cc1OC. The van der Waals surface area contributed by atoms with Crippen LogP contribution in [0.3, 0.4) is 0 Å². The van der Waals surface area contributed by atoms with Crippen molar-refractivity contribution in [2.24, 2.45) is 5.92 Å². The smallest absolute Gasteiger partial charge is 0.227 e. The Kier molecular flexibility index (Phi) is 5.25. The van der Waals surface area contributed by atoms with Crippen LogP contribution in [0.15, 0.2) is 16.6 Å². The number of piperidine rings is 1. The zero-order valence-corrected chi connectivity index (χ0v) is 13.2. The molecule has 0 spiro atoms. The van der Waals surface area contributed by atoms with Crippen molar-refractivity contribution in [3.05, 3.63) is 16.6 Å². The summed E-state index contributed by atoms with van der Waals surface area (Å²) < 4.78 is 11.2. The zero-order chi connectivity index (χ0) is 14.5. The van der Waals surface area contributed by atoms with Gasteiger partial charge in [0, 0.05) is 22.5 Å². The predicted molar refractivity (Wildman–Crippen MR) is 81.5 cm³/mol. The molecule has 0 saturated carbocycles. The van der Waals surface area contributed by atoms with E-state index < -0.39 is 0 Å². The minimum Gasteiger partial charge on any atom is -0.493 e. The summed E-state index contributed by atoms with van der Waals surface area (Å²) in [5.74, 6) is 1.34. The molecule has 1 saturated heterocycles. The van der Waals surface area contributed by atoms with E-state index in [1.807, 2.05) is 0 Å². The summed E-state index contributed by atoms with van der Waals surface area (Å²) in [6, 6.07) is 3.55. The molecule has 110 valence electrons. The van der Waals surface area contributed by atoms with E-state index in [-0.39, 0.29) is 11.8 Å². The molecule has 2 rings (SSSR count). The first-order valence-corrected chi connectivity index (χ1v) is 7.38. The number of halogens is 1. The van der Waals surface area contributed by atoms with Gasteiger partial charge >= 0.3 is 0 Å². The molecule has 1 fully saturated rings. The van der Waals surface area contributed by atoms with Crippen molar-refractivity contribution in [2.75, 3.05) is 32.6 Å². The van der Waals surface area contributed by atoms with Gasteiger partial charge in [0.15, 0.2) is 11.5 Å². The van der Waals surface area contributed by atoms with E-state index in [9.17, 15) is 4.79 Å². The van der Waals surface area contributed by atoms with E-state index >= 15 is 0 Å². The van der Waals surface area contributed by atoms with E-state index in [0.717, 1.165) is 30.4 Å². The molecule has 0 unspecified atom stereocenters. The molecule has 1 aromatic carbocycles. The van der Waals surface area contributed by atoms with Crippen molar-refractivity contribution in [2.45, 2.75) is 12.8 Å². The molecule has 0 bridgehead atoms. The lowest BCUT2D eigenvalue weighted by molar-refractivity contribution is -0.120. The van der Waals surface area contributed by atoms with E-state index in [0.29, 0.717) is 17.2 Å². The quantitative estimate of drug-likeness (QED) is 0.882. The Morgan fingerprint density at radius 1 is 1.25 bits per heavy atom. The lowest BCUT2D eigenvalue weighted by Crippen LogP contribution is -2.34. The average molecular weight is 343 g/mol. The van der Waals surface area contributed by atoms with Gasteiger partial charge in [-0.15, -0.1) is 0 Å². The van der Waals surface area contributed by atoms with Crippen molar-refractivity contribution in [3.8, 4) is 11.5 Å². The van der Waals surface area contributed by atoms with Crippen molar-refractivity contribution in [1.82, 2.24) is 5.32 Å². The summed E-state index contributed by atoms with van der Waals surface area (Å²) in [5, 5.41) is 6.21. The van der Waals surface area contributed by atoms with Gasteiger partial charge in [0.2, 0.25) is 5.91 Å². The van der Waals surface area contributed by atoms with Gasteiger partial charge in [-0.25, -0.2) is 0 Å². The van der Waals surface area contributed by atoms with Crippen molar-refractivity contribution in [3.63, 3.8) is 0 Å². The highest BCUT2D eigenvalue weighted by molar-refractivity contribution is 9.10. The highest BCUT2D eigenvalue weighted by Gasteiger charge is 2.22. The number of carbonyl (C=O) groups excluding carboxylic acids is 1. The molecule has 2 N–H and O–H groups in total. The van der Waals surface area contributed by atoms with Gasteiger partial charge in [0.25, 0.3) is 0 Å². The summed E-state index contributed by atoms with van der Waals surface area (Å²) in [6.45, 7) is 1.79. The van der Waals surface area contributed by atoms with Crippen LogP contribution in [-0.4, -0.2) is 33.2 Å². The Balaban J connectivity index is 2.13. The third-order valence-electron chi connectivity index (χ3n) is 3.44. The maximum absolute atomic E-state index is 12.2. The van der Waals surface area contributed by atoms with Crippen LogP contribution in [0.5, 0.6) is 11.5 Å². The van der Waals surface area contributed by atoms with Gasteiger partial charge in [-0.1, -0.05) is 0 Å². The Morgan fingerprint density at radius 2 is 1.85 bits per heavy atom. The van der Waals surface area contributed by atoms with Gasteiger partial charge in [0.1, 0.15) is 0 Å². The largest absolute Gasteiger partial charge is 0.493 e.